The summed E-state index contributed by atoms with van der Waals surface area (Å²) in [5.74, 6) is -0.528. The van der Waals surface area contributed by atoms with Gasteiger partial charge in [-0.15, -0.1) is 11.3 Å². The molecule has 3 N–H and O–H groups in total. The zero-order chi connectivity index (χ0) is 20.6. The Morgan fingerprint density at radius 2 is 1.97 bits per heavy atom. The second-order valence-corrected chi connectivity index (χ2v) is 8.59. The number of amides is 2. The number of halogens is 1. The molecule has 1 heterocycles. The first-order chi connectivity index (χ1) is 14.0. The fourth-order valence-electron chi connectivity index (χ4n) is 3.15. The Bertz CT molecular complexity index is 907. The van der Waals surface area contributed by atoms with Crippen molar-refractivity contribution in [2.75, 3.05) is 5.32 Å². The van der Waals surface area contributed by atoms with E-state index in [1.807, 2.05) is 17.5 Å². The molecule has 5 nitrogen and oxygen atoms in total. The van der Waals surface area contributed by atoms with Crippen LogP contribution in [0.15, 0.2) is 41.8 Å². The van der Waals surface area contributed by atoms with E-state index in [1.54, 1.807) is 24.3 Å². The van der Waals surface area contributed by atoms with Gasteiger partial charge in [-0.05, 0) is 60.8 Å². The van der Waals surface area contributed by atoms with E-state index in [0.717, 1.165) is 30.6 Å². The predicted octanol–water partition coefficient (Wildman–Crippen LogP) is 4.99. The van der Waals surface area contributed by atoms with Gasteiger partial charge < -0.3 is 10.6 Å². The molecular weight excluding hydrogens is 426 g/mol. The van der Waals surface area contributed by atoms with Crippen LogP contribution in [0.2, 0.25) is 5.02 Å². The van der Waals surface area contributed by atoms with Crippen molar-refractivity contribution in [3.63, 3.8) is 0 Å². The molecule has 29 heavy (non-hydrogen) atoms. The van der Waals surface area contributed by atoms with Gasteiger partial charge in [-0.3, -0.25) is 14.9 Å². The standard InChI is InChI=1S/C21H22ClN3O2S2/c22-18-10-8-15(13-17(18)20(27)23-14-5-2-1-3-6-14)24-21(28)25-19(26)11-9-16-7-4-12-29-16/h4,7-14H,1-3,5-6H2,(H,23,27)(H2,24,25,26,28)/b11-9+. The lowest BCUT2D eigenvalue weighted by Crippen LogP contribution is -2.36. The van der Waals surface area contributed by atoms with Gasteiger partial charge in [0.1, 0.15) is 0 Å². The molecule has 152 valence electrons. The van der Waals surface area contributed by atoms with Crippen molar-refractivity contribution in [3.8, 4) is 0 Å². The van der Waals surface area contributed by atoms with Crippen LogP contribution in [0, 0.1) is 0 Å². The quantitative estimate of drug-likeness (QED) is 0.446. The van der Waals surface area contributed by atoms with Crippen LogP contribution in [-0.4, -0.2) is 23.0 Å². The summed E-state index contributed by atoms with van der Waals surface area (Å²) >= 11 is 13.0. The Morgan fingerprint density at radius 1 is 1.17 bits per heavy atom. The highest BCUT2D eigenvalue weighted by molar-refractivity contribution is 7.80. The number of thiophene rings is 1. The molecule has 0 radical (unpaired) electrons. The summed E-state index contributed by atoms with van der Waals surface area (Å²) in [5.41, 5.74) is 0.963. The van der Waals surface area contributed by atoms with E-state index >= 15 is 0 Å². The van der Waals surface area contributed by atoms with Crippen molar-refractivity contribution in [2.24, 2.45) is 0 Å². The number of hydrogen-bond acceptors (Lipinski definition) is 4. The molecule has 3 rings (SSSR count). The number of hydrogen-bond donors (Lipinski definition) is 3. The maximum atomic E-state index is 12.6. The summed E-state index contributed by atoms with van der Waals surface area (Å²) in [4.78, 5) is 25.6. The maximum absolute atomic E-state index is 12.6. The van der Waals surface area contributed by atoms with E-state index in [4.69, 9.17) is 23.8 Å². The molecule has 0 atom stereocenters. The van der Waals surface area contributed by atoms with E-state index in [9.17, 15) is 9.59 Å². The second-order valence-electron chi connectivity index (χ2n) is 6.80. The lowest BCUT2D eigenvalue weighted by molar-refractivity contribution is -0.115. The summed E-state index contributed by atoms with van der Waals surface area (Å²) in [6.07, 6.45) is 8.62. The molecular formula is C21H22ClN3O2S2. The first-order valence-electron chi connectivity index (χ1n) is 9.45. The van der Waals surface area contributed by atoms with Gasteiger partial charge in [0.05, 0.1) is 10.6 Å². The van der Waals surface area contributed by atoms with Crippen molar-refractivity contribution in [3.05, 3.63) is 57.3 Å². The third kappa shape index (κ3) is 6.66. The number of anilines is 1. The Labute approximate surface area is 184 Å². The molecule has 0 aliphatic heterocycles. The van der Waals surface area contributed by atoms with E-state index in [1.165, 1.54) is 23.8 Å². The van der Waals surface area contributed by atoms with Gasteiger partial charge in [0.25, 0.3) is 5.91 Å². The summed E-state index contributed by atoms with van der Waals surface area (Å²) in [5, 5.41) is 11.0. The van der Waals surface area contributed by atoms with E-state index in [2.05, 4.69) is 16.0 Å². The van der Waals surface area contributed by atoms with Gasteiger partial charge in [-0.1, -0.05) is 36.9 Å². The number of nitrogens with one attached hydrogen (secondary N) is 3. The van der Waals surface area contributed by atoms with Crippen LogP contribution in [0.3, 0.4) is 0 Å². The van der Waals surface area contributed by atoms with Crippen LogP contribution in [0.1, 0.15) is 47.3 Å². The van der Waals surface area contributed by atoms with E-state index in [0.29, 0.717) is 16.3 Å². The van der Waals surface area contributed by atoms with Gasteiger partial charge in [0.2, 0.25) is 5.91 Å². The van der Waals surface area contributed by atoms with Crippen LogP contribution in [-0.2, 0) is 4.79 Å². The van der Waals surface area contributed by atoms with E-state index in [-0.39, 0.29) is 23.0 Å². The molecule has 2 amide bonds. The number of benzene rings is 1. The Balaban J connectivity index is 1.57. The third-order valence-electron chi connectivity index (χ3n) is 4.59. The van der Waals surface area contributed by atoms with Crippen molar-refractivity contribution in [1.29, 1.82) is 0 Å². The van der Waals surface area contributed by atoms with Gasteiger partial charge in [-0.2, -0.15) is 0 Å². The molecule has 1 aliphatic carbocycles. The average Bonchev–Trinajstić information content (AvgIpc) is 3.22. The van der Waals surface area contributed by atoms with Crippen molar-refractivity contribution in [2.45, 2.75) is 38.1 Å². The summed E-state index contributed by atoms with van der Waals surface area (Å²) in [6.45, 7) is 0. The molecule has 1 fully saturated rings. The molecule has 1 aromatic carbocycles. The number of carbonyl (C=O) groups excluding carboxylic acids is 2. The molecule has 1 saturated carbocycles. The average molecular weight is 448 g/mol. The summed E-state index contributed by atoms with van der Waals surface area (Å²) in [6, 6.07) is 9.01. The van der Waals surface area contributed by atoms with Crippen molar-refractivity contribution >= 4 is 63.8 Å². The molecule has 1 aliphatic rings. The number of thiocarbonyl (C=S) groups is 1. The minimum absolute atomic E-state index is 0.145. The summed E-state index contributed by atoms with van der Waals surface area (Å²) < 4.78 is 0. The maximum Gasteiger partial charge on any atom is 0.253 e. The van der Waals surface area contributed by atoms with Gasteiger partial charge in [0.15, 0.2) is 5.11 Å². The Kier molecular flexibility index (Phi) is 7.80. The highest BCUT2D eigenvalue weighted by Gasteiger charge is 2.18. The number of rotatable bonds is 5. The summed E-state index contributed by atoms with van der Waals surface area (Å²) in [7, 11) is 0. The highest BCUT2D eigenvalue weighted by atomic mass is 35.5. The minimum atomic E-state index is -0.333. The van der Waals surface area contributed by atoms with E-state index < -0.39 is 0 Å². The van der Waals surface area contributed by atoms with Crippen LogP contribution in [0.25, 0.3) is 6.08 Å². The largest absolute Gasteiger partial charge is 0.349 e. The molecule has 0 bridgehead atoms. The lowest BCUT2D eigenvalue weighted by Gasteiger charge is -2.23. The predicted molar refractivity (Wildman–Crippen MR) is 124 cm³/mol. The SMILES string of the molecule is O=C(/C=C/c1cccs1)NC(=S)Nc1ccc(Cl)c(C(=O)NC2CCCCC2)c1. The highest BCUT2D eigenvalue weighted by Crippen LogP contribution is 2.23. The normalized spacial score (nSPS) is 14.5. The fraction of sp³-hybridized carbons (Fsp3) is 0.286. The van der Waals surface area contributed by atoms with Gasteiger partial charge in [0, 0.05) is 22.7 Å². The fourth-order valence-corrected chi connectivity index (χ4v) is 4.19. The second kappa shape index (κ2) is 10.5. The van der Waals surface area contributed by atoms with Gasteiger partial charge >= 0.3 is 0 Å². The Morgan fingerprint density at radius 3 is 2.69 bits per heavy atom. The zero-order valence-corrected chi connectivity index (χ0v) is 18.1. The zero-order valence-electron chi connectivity index (χ0n) is 15.7. The third-order valence-corrected chi connectivity index (χ3v) is 5.96. The van der Waals surface area contributed by atoms with Crippen molar-refractivity contribution in [1.82, 2.24) is 10.6 Å². The lowest BCUT2D eigenvalue weighted by atomic mass is 9.95. The molecule has 0 unspecified atom stereocenters. The molecule has 1 aromatic heterocycles. The van der Waals surface area contributed by atoms with Crippen LogP contribution in [0.4, 0.5) is 5.69 Å². The monoisotopic (exact) mass is 447 g/mol. The Hall–Kier alpha value is -2.22. The molecule has 0 saturated heterocycles. The molecule has 2 aromatic rings. The van der Waals surface area contributed by atoms with Crippen LogP contribution < -0.4 is 16.0 Å². The topological polar surface area (TPSA) is 70.2 Å². The van der Waals surface area contributed by atoms with Crippen LogP contribution in [0.5, 0.6) is 0 Å². The first-order valence-corrected chi connectivity index (χ1v) is 11.1. The van der Waals surface area contributed by atoms with Crippen molar-refractivity contribution < 1.29 is 9.59 Å². The van der Waals surface area contributed by atoms with Gasteiger partial charge in [-0.25, -0.2) is 0 Å². The number of carbonyl (C=O) groups is 2. The van der Waals surface area contributed by atoms with Crippen LogP contribution >= 0.6 is 35.2 Å². The smallest absolute Gasteiger partial charge is 0.253 e. The first kappa shape index (κ1) is 21.5. The minimum Gasteiger partial charge on any atom is -0.349 e. The molecule has 8 heteroatoms. The molecule has 0 spiro atoms.